The van der Waals surface area contributed by atoms with Crippen LogP contribution < -0.4 is 5.32 Å². The van der Waals surface area contributed by atoms with E-state index in [4.69, 9.17) is 27.9 Å². The molecule has 1 aromatic carbocycles. The number of halogens is 2. The number of benzene rings is 1. The van der Waals surface area contributed by atoms with Crippen LogP contribution >= 0.6 is 23.2 Å². The molecule has 1 N–H and O–H groups in total. The van der Waals surface area contributed by atoms with Gasteiger partial charge in [0.15, 0.2) is 0 Å². The van der Waals surface area contributed by atoms with Gasteiger partial charge in [0.25, 0.3) is 0 Å². The lowest BCUT2D eigenvalue weighted by Crippen LogP contribution is -2.38. The molecule has 1 saturated heterocycles. The van der Waals surface area contributed by atoms with Crippen molar-refractivity contribution >= 4 is 23.2 Å². The van der Waals surface area contributed by atoms with E-state index in [1.54, 1.807) is 6.07 Å². The zero-order valence-corrected chi connectivity index (χ0v) is 12.3. The van der Waals surface area contributed by atoms with Crippen molar-refractivity contribution in [3.8, 4) is 0 Å². The van der Waals surface area contributed by atoms with Gasteiger partial charge >= 0.3 is 0 Å². The second-order valence-electron chi connectivity index (χ2n) is 4.86. The van der Waals surface area contributed by atoms with Gasteiger partial charge in [-0.2, -0.15) is 0 Å². The summed E-state index contributed by atoms with van der Waals surface area (Å²) >= 11 is 12.1. The van der Waals surface area contributed by atoms with E-state index in [0.29, 0.717) is 23.1 Å². The Morgan fingerprint density at radius 1 is 1.44 bits per heavy atom. The van der Waals surface area contributed by atoms with Gasteiger partial charge in [0.05, 0.1) is 6.10 Å². The molecule has 3 atom stereocenters. The molecule has 0 bridgehead atoms. The minimum absolute atomic E-state index is 0.313. The summed E-state index contributed by atoms with van der Waals surface area (Å²) in [6.07, 6.45) is 2.33. The third kappa shape index (κ3) is 3.18. The number of hydrogen-bond acceptors (Lipinski definition) is 2. The van der Waals surface area contributed by atoms with Crippen LogP contribution in [0.3, 0.4) is 0 Å². The predicted octanol–water partition coefficient (Wildman–Crippen LogP) is 3.55. The fourth-order valence-corrected chi connectivity index (χ4v) is 3.15. The minimum atomic E-state index is 0.313. The van der Waals surface area contributed by atoms with E-state index in [0.717, 1.165) is 30.0 Å². The smallest absolute Gasteiger partial charge is 0.0590 e. The Kier molecular flexibility index (Phi) is 4.91. The zero-order chi connectivity index (χ0) is 13.1. The van der Waals surface area contributed by atoms with Gasteiger partial charge in [0.2, 0.25) is 0 Å². The predicted molar refractivity (Wildman–Crippen MR) is 76.5 cm³/mol. The van der Waals surface area contributed by atoms with E-state index in [-0.39, 0.29) is 0 Å². The normalized spacial score (nSPS) is 25.3. The Bertz CT molecular complexity index is 411. The van der Waals surface area contributed by atoms with Gasteiger partial charge in [-0.3, -0.25) is 0 Å². The van der Waals surface area contributed by atoms with Crippen LogP contribution in [0.25, 0.3) is 0 Å². The fraction of sp³-hybridized carbons (Fsp3) is 0.571. The summed E-state index contributed by atoms with van der Waals surface area (Å²) in [7, 11) is 2.00. The zero-order valence-electron chi connectivity index (χ0n) is 10.7. The summed E-state index contributed by atoms with van der Waals surface area (Å²) < 4.78 is 5.64. The maximum Gasteiger partial charge on any atom is 0.0590 e. The molecule has 100 valence electrons. The quantitative estimate of drug-likeness (QED) is 0.915. The summed E-state index contributed by atoms with van der Waals surface area (Å²) in [4.78, 5) is 0. The molecule has 0 radical (unpaired) electrons. The van der Waals surface area contributed by atoms with Crippen molar-refractivity contribution in [1.29, 1.82) is 0 Å². The highest BCUT2D eigenvalue weighted by atomic mass is 35.5. The number of hydrogen-bond donors (Lipinski definition) is 1. The highest BCUT2D eigenvalue weighted by Crippen LogP contribution is 2.28. The van der Waals surface area contributed by atoms with E-state index < -0.39 is 0 Å². The molecule has 18 heavy (non-hydrogen) atoms. The van der Waals surface area contributed by atoms with Crippen molar-refractivity contribution < 1.29 is 4.74 Å². The standard InChI is InChI=1S/C14H19Cl2NO/c1-9-12(5-6-18-9)14(17-2)7-10-3-4-11(15)8-13(10)16/h3-4,8-9,12,14,17H,5-7H2,1-2H3. The summed E-state index contributed by atoms with van der Waals surface area (Å²) in [5, 5.41) is 4.82. The summed E-state index contributed by atoms with van der Waals surface area (Å²) in [6.45, 7) is 3.00. The molecule has 1 aliphatic rings. The first-order valence-electron chi connectivity index (χ1n) is 6.34. The van der Waals surface area contributed by atoms with Crippen molar-refractivity contribution in [3.63, 3.8) is 0 Å². The lowest BCUT2D eigenvalue weighted by Gasteiger charge is -2.26. The Labute approximate surface area is 119 Å². The average molecular weight is 288 g/mol. The number of rotatable bonds is 4. The van der Waals surface area contributed by atoms with Crippen LogP contribution in [0.15, 0.2) is 18.2 Å². The molecule has 0 amide bonds. The van der Waals surface area contributed by atoms with Gasteiger partial charge in [0.1, 0.15) is 0 Å². The van der Waals surface area contributed by atoms with Crippen molar-refractivity contribution in [2.45, 2.75) is 31.9 Å². The molecular weight excluding hydrogens is 269 g/mol. The van der Waals surface area contributed by atoms with E-state index >= 15 is 0 Å². The highest BCUT2D eigenvalue weighted by molar-refractivity contribution is 6.35. The van der Waals surface area contributed by atoms with Crippen LogP contribution in [-0.2, 0) is 11.2 Å². The van der Waals surface area contributed by atoms with Gasteiger partial charge in [-0.25, -0.2) is 0 Å². The molecule has 0 aromatic heterocycles. The first kappa shape index (κ1) is 14.1. The third-order valence-corrected chi connectivity index (χ3v) is 4.36. The molecule has 1 fully saturated rings. The highest BCUT2D eigenvalue weighted by Gasteiger charge is 2.31. The molecule has 1 aromatic rings. The van der Waals surface area contributed by atoms with Gasteiger partial charge in [-0.05, 0) is 44.5 Å². The largest absolute Gasteiger partial charge is 0.378 e. The molecule has 0 spiro atoms. The third-order valence-electron chi connectivity index (χ3n) is 3.78. The molecule has 0 saturated carbocycles. The minimum Gasteiger partial charge on any atom is -0.378 e. The first-order valence-corrected chi connectivity index (χ1v) is 7.10. The Morgan fingerprint density at radius 2 is 2.22 bits per heavy atom. The van der Waals surface area contributed by atoms with Crippen molar-refractivity contribution in [1.82, 2.24) is 5.32 Å². The molecule has 3 unspecified atom stereocenters. The first-order chi connectivity index (χ1) is 8.61. The van der Waals surface area contributed by atoms with Crippen molar-refractivity contribution in [2.75, 3.05) is 13.7 Å². The van der Waals surface area contributed by atoms with Crippen LogP contribution in [0.2, 0.25) is 10.0 Å². The molecule has 1 heterocycles. The van der Waals surface area contributed by atoms with Gasteiger partial charge in [-0.15, -0.1) is 0 Å². The summed E-state index contributed by atoms with van der Waals surface area (Å²) in [6, 6.07) is 6.10. The Balaban J connectivity index is 2.10. The molecule has 2 nitrogen and oxygen atoms in total. The molecule has 4 heteroatoms. The lowest BCUT2D eigenvalue weighted by atomic mass is 9.89. The second kappa shape index (κ2) is 6.25. The van der Waals surface area contributed by atoms with E-state index in [9.17, 15) is 0 Å². The maximum atomic E-state index is 6.23. The molecule has 0 aliphatic carbocycles. The van der Waals surface area contributed by atoms with Gasteiger partial charge in [-0.1, -0.05) is 29.3 Å². The summed E-state index contributed by atoms with van der Waals surface area (Å²) in [5.74, 6) is 0.543. The second-order valence-corrected chi connectivity index (χ2v) is 5.71. The molecular formula is C14H19Cl2NO. The number of likely N-dealkylation sites (N-methyl/N-ethyl adjacent to an activating group) is 1. The SMILES string of the molecule is CNC(Cc1ccc(Cl)cc1Cl)C1CCOC1C. The number of ether oxygens (including phenoxy) is 1. The van der Waals surface area contributed by atoms with E-state index in [1.807, 2.05) is 19.2 Å². The van der Waals surface area contributed by atoms with Gasteiger partial charge in [0, 0.05) is 28.6 Å². The van der Waals surface area contributed by atoms with Crippen molar-refractivity contribution in [2.24, 2.45) is 5.92 Å². The van der Waals surface area contributed by atoms with E-state index in [1.165, 1.54) is 0 Å². The lowest BCUT2D eigenvalue weighted by molar-refractivity contribution is 0.0963. The summed E-state index contributed by atoms with van der Waals surface area (Å²) in [5.41, 5.74) is 1.14. The Morgan fingerprint density at radius 3 is 2.78 bits per heavy atom. The fourth-order valence-electron chi connectivity index (χ4n) is 2.67. The van der Waals surface area contributed by atoms with Gasteiger partial charge < -0.3 is 10.1 Å². The van der Waals surface area contributed by atoms with Crippen molar-refractivity contribution in [3.05, 3.63) is 33.8 Å². The van der Waals surface area contributed by atoms with Crippen LogP contribution in [0.5, 0.6) is 0 Å². The van der Waals surface area contributed by atoms with Crippen LogP contribution in [0, 0.1) is 5.92 Å². The average Bonchev–Trinajstić information content (AvgIpc) is 2.75. The topological polar surface area (TPSA) is 21.3 Å². The number of nitrogens with one attached hydrogen (secondary N) is 1. The Hall–Kier alpha value is -0.280. The maximum absolute atomic E-state index is 6.23. The molecule has 2 rings (SSSR count). The molecule has 1 aliphatic heterocycles. The van der Waals surface area contributed by atoms with E-state index in [2.05, 4.69) is 12.2 Å². The van der Waals surface area contributed by atoms with Crippen LogP contribution in [0.1, 0.15) is 18.9 Å². The van der Waals surface area contributed by atoms with Crippen LogP contribution in [-0.4, -0.2) is 25.8 Å². The van der Waals surface area contributed by atoms with Crippen LogP contribution in [0.4, 0.5) is 0 Å². The monoisotopic (exact) mass is 287 g/mol.